The number of hydrogen-bond donors (Lipinski definition) is 1. The van der Waals surface area contributed by atoms with E-state index >= 15 is 0 Å². The predicted octanol–water partition coefficient (Wildman–Crippen LogP) is 0.614. The number of hydrogen-bond acceptors (Lipinski definition) is 5. The third kappa shape index (κ3) is 3.14. The Morgan fingerprint density at radius 2 is 2.32 bits per heavy atom. The van der Waals surface area contributed by atoms with Crippen LogP contribution in [0.15, 0.2) is 27.8 Å². The summed E-state index contributed by atoms with van der Waals surface area (Å²) >= 11 is 3.21. The van der Waals surface area contributed by atoms with E-state index in [1.807, 2.05) is 0 Å². The van der Waals surface area contributed by atoms with Crippen molar-refractivity contribution in [1.82, 2.24) is 9.29 Å². The molecule has 0 bridgehead atoms. The van der Waals surface area contributed by atoms with Crippen LogP contribution in [0.5, 0.6) is 0 Å². The summed E-state index contributed by atoms with van der Waals surface area (Å²) in [6, 6.07) is 1.24. The van der Waals surface area contributed by atoms with E-state index in [1.165, 1.54) is 22.8 Å². The van der Waals surface area contributed by atoms with E-state index in [2.05, 4.69) is 20.9 Å². The molecule has 19 heavy (non-hydrogen) atoms. The molecule has 1 saturated heterocycles. The van der Waals surface area contributed by atoms with Crippen LogP contribution in [0.3, 0.4) is 0 Å². The van der Waals surface area contributed by atoms with E-state index in [-0.39, 0.29) is 30.7 Å². The second-order valence-corrected chi connectivity index (χ2v) is 7.21. The number of rotatable bonds is 3. The number of aliphatic hydroxyl groups excluding tert-OH is 1. The van der Waals surface area contributed by atoms with Crippen LogP contribution in [0.2, 0.25) is 0 Å². The van der Waals surface area contributed by atoms with Crippen molar-refractivity contribution in [3.63, 3.8) is 0 Å². The normalized spacial score (nSPS) is 25.4. The molecule has 0 radical (unpaired) electrons. The van der Waals surface area contributed by atoms with E-state index in [0.29, 0.717) is 4.47 Å². The molecule has 1 aliphatic heterocycles. The zero-order valence-electron chi connectivity index (χ0n) is 10.4. The fraction of sp³-hybridized carbons (Fsp3) is 0.545. The van der Waals surface area contributed by atoms with Crippen molar-refractivity contribution >= 4 is 26.0 Å². The van der Waals surface area contributed by atoms with Crippen LogP contribution in [0.4, 0.5) is 0 Å². The molecule has 0 spiro atoms. The summed E-state index contributed by atoms with van der Waals surface area (Å²) in [6.45, 7) is 1.99. The van der Waals surface area contributed by atoms with Gasteiger partial charge in [-0.15, -0.1) is 0 Å². The highest BCUT2D eigenvalue weighted by Gasteiger charge is 2.35. The second kappa shape index (κ2) is 5.84. The lowest BCUT2D eigenvalue weighted by atomic mass is 10.2. The molecule has 1 aliphatic rings. The van der Waals surface area contributed by atoms with Gasteiger partial charge in [0, 0.05) is 29.5 Å². The van der Waals surface area contributed by atoms with Crippen LogP contribution in [0.25, 0.3) is 0 Å². The van der Waals surface area contributed by atoms with Gasteiger partial charge in [-0.25, -0.2) is 8.42 Å². The topological polar surface area (TPSA) is 79.7 Å². The Bertz CT molecular complexity index is 551. The third-order valence-electron chi connectivity index (χ3n) is 2.94. The number of aromatic nitrogens is 1. The Labute approximate surface area is 120 Å². The third-order valence-corrected chi connectivity index (χ3v) is 5.32. The fourth-order valence-corrected chi connectivity index (χ4v) is 4.06. The van der Waals surface area contributed by atoms with Gasteiger partial charge in [0.05, 0.1) is 19.3 Å². The van der Waals surface area contributed by atoms with E-state index in [1.54, 1.807) is 6.92 Å². The Kier molecular flexibility index (Phi) is 4.57. The molecule has 0 aromatic carbocycles. The SMILES string of the molecule is CC1COC(CO)CN1S(=O)(=O)c1cncc(Br)c1. The summed E-state index contributed by atoms with van der Waals surface area (Å²) in [4.78, 5) is 4.01. The number of nitrogens with zero attached hydrogens (tertiary/aromatic N) is 2. The van der Waals surface area contributed by atoms with Gasteiger partial charge in [0.25, 0.3) is 0 Å². The molecular weight excluding hydrogens is 336 g/mol. The summed E-state index contributed by atoms with van der Waals surface area (Å²) in [5, 5.41) is 9.11. The molecule has 1 aromatic heterocycles. The van der Waals surface area contributed by atoms with Crippen molar-refractivity contribution in [3.8, 4) is 0 Å². The highest BCUT2D eigenvalue weighted by molar-refractivity contribution is 9.10. The lowest BCUT2D eigenvalue weighted by Gasteiger charge is -2.36. The molecular formula is C11H15BrN2O4S. The number of sulfonamides is 1. The lowest BCUT2D eigenvalue weighted by molar-refractivity contribution is -0.0516. The zero-order valence-corrected chi connectivity index (χ0v) is 12.8. The van der Waals surface area contributed by atoms with Crippen LogP contribution in [0.1, 0.15) is 6.92 Å². The highest BCUT2D eigenvalue weighted by Crippen LogP contribution is 2.23. The van der Waals surface area contributed by atoms with Gasteiger partial charge in [0.1, 0.15) is 4.90 Å². The van der Waals surface area contributed by atoms with Gasteiger partial charge in [0.15, 0.2) is 0 Å². The molecule has 0 aliphatic carbocycles. The van der Waals surface area contributed by atoms with E-state index in [0.717, 1.165) is 0 Å². The van der Waals surface area contributed by atoms with Crippen molar-refractivity contribution in [2.24, 2.45) is 0 Å². The van der Waals surface area contributed by atoms with E-state index in [4.69, 9.17) is 9.84 Å². The van der Waals surface area contributed by atoms with Crippen LogP contribution >= 0.6 is 15.9 Å². The smallest absolute Gasteiger partial charge is 0.245 e. The van der Waals surface area contributed by atoms with Crippen LogP contribution in [-0.2, 0) is 14.8 Å². The molecule has 1 aromatic rings. The monoisotopic (exact) mass is 350 g/mol. The minimum absolute atomic E-state index is 0.132. The maximum absolute atomic E-state index is 12.5. The van der Waals surface area contributed by atoms with Crippen molar-refractivity contribution < 1.29 is 18.3 Å². The van der Waals surface area contributed by atoms with Gasteiger partial charge in [-0.3, -0.25) is 4.98 Å². The lowest BCUT2D eigenvalue weighted by Crippen LogP contribution is -2.51. The van der Waals surface area contributed by atoms with Crippen LogP contribution < -0.4 is 0 Å². The maximum Gasteiger partial charge on any atom is 0.245 e. The van der Waals surface area contributed by atoms with Gasteiger partial charge < -0.3 is 9.84 Å². The fourth-order valence-electron chi connectivity index (χ4n) is 1.91. The molecule has 2 rings (SSSR count). The van der Waals surface area contributed by atoms with Gasteiger partial charge in [-0.05, 0) is 28.9 Å². The van der Waals surface area contributed by atoms with Crippen molar-refractivity contribution in [3.05, 3.63) is 22.9 Å². The average Bonchev–Trinajstić information content (AvgIpc) is 2.39. The number of morpholine rings is 1. The van der Waals surface area contributed by atoms with Gasteiger partial charge in [-0.1, -0.05) is 0 Å². The Balaban J connectivity index is 2.32. The molecule has 0 saturated carbocycles. The minimum atomic E-state index is -3.63. The number of halogens is 1. The first kappa shape index (κ1) is 14.9. The average molecular weight is 351 g/mol. The van der Waals surface area contributed by atoms with Crippen molar-refractivity contribution in [2.75, 3.05) is 19.8 Å². The van der Waals surface area contributed by atoms with Gasteiger partial charge in [-0.2, -0.15) is 4.31 Å². The number of aliphatic hydroxyl groups is 1. The zero-order chi connectivity index (χ0) is 14.0. The number of pyridine rings is 1. The minimum Gasteiger partial charge on any atom is -0.394 e. The van der Waals surface area contributed by atoms with Crippen LogP contribution in [0, 0.1) is 0 Å². The second-order valence-electron chi connectivity index (χ2n) is 4.40. The Morgan fingerprint density at radius 1 is 1.58 bits per heavy atom. The van der Waals surface area contributed by atoms with Crippen molar-refractivity contribution in [2.45, 2.75) is 24.0 Å². The van der Waals surface area contributed by atoms with E-state index < -0.39 is 16.1 Å². The summed E-state index contributed by atoms with van der Waals surface area (Å²) < 4.78 is 32.4. The maximum atomic E-state index is 12.5. The Morgan fingerprint density at radius 3 is 2.95 bits per heavy atom. The van der Waals surface area contributed by atoms with E-state index in [9.17, 15) is 8.42 Å². The molecule has 106 valence electrons. The summed E-state index contributed by atoms with van der Waals surface area (Å²) in [5.41, 5.74) is 0. The molecule has 2 heterocycles. The molecule has 1 fully saturated rings. The molecule has 2 unspecified atom stereocenters. The molecule has 1 N–H and O–H groups in total. The predicted molar refractivity (Wildman–Crippen MR) is 72.1 cm³/mol. The summed E-state index contributed by atoms with van der Waals surface area (Å²) in [7, 11) is -3.63. The summed E-state index contributed by atoms with van der Waals surface area (Å²) in [5.74, 6) is 0. The molecule has 2 atom stereocenters. The van der Waals surface area contributed by atoms with Crippen LogP contribution in [-0.4, -0.2) is 54.7 Å². The standard InChI is InChI=1S/C11H15BrN2O4S/c1-8-7-18-10(6-15)5-14(8)19(16,17)11-2-9(12)3-13-4-11/h2-4,8,10,15H,5-7H2,1H3. The molecule has 8 heteroatoms. The van der Waals surface area contributed by atoms with Gasteiger partial charge >= 0.3 is 0 Å². The largest absolute Gasteiger partial charge is 0.394 e. The van der Waals surface area contributed by atoms with Crippen molar-refractivity contribution in [1.29, 1.82) is 0 Å². The first-order valence-electron chi connectivity index (χ1n) is 5.80. The highest BCUT2D eigenvalue weighted by atomic mass is 79.9. The first-order valence-corrected chi connectivity index (χ1v) is 8.03. The molecule has 6 nitrogen and oxygen atoms in total. The van der Waals surface area contributed by atoms with Gasteiger partial charge in [0.2, 0.25) is 10.0 Å². The Hall–Kier alpha value is -0.540. The number of ether oxygens (including phenoxy) is 1. The quantitative estimate of drug-likeness (QED) is 0.864. The summed E-state index contributed by atoms with van der Waals surface area (Å²) in [6.07, 6.45) is 2.36. The molecule has 0 amide bonds. The first-order chi connectivity index (χ1) is 8.95.